The van der Waals surface area contributed by atoms with Gasteiger partial charge in [0, 0.05) is 35.4 Å². The molecule has 1 saturated carbocycles. The molecule has 1 aliphatic heterocycles. The van der Waals surface area contributed by atoms with Gasteiger partial charge in [-0.3, -0.25) is 9.59 Å². The molecule has 1 N–H and O–H groups in total. The number of ether oxygens (including phenoxy) is 1. The molecule has 1 atom stereocenters. The maximum Gasteiger partial charge on any atom is 0.273 e. The van der Waals surface area contributed by atoms with Gasteiger partial charge >= 0.3 is 0 Å². The molecule has 7 nitrogen and oxygen atoms in total. The van der Waals surface area contributed by atoms with Crippen molar-refractivity contribution in [2.75, 3.05) is 7.11 Å². The number of amides is 2. The Balaban J connectivity index is 1.51. The van der Waals surface area contributed by atoms with Crippen LogP contribution in [0, 0.1) is 0 Å². The zero-order valence-electron chi connectivity index (χ0n) is 22.3. The normalized spacial score (nSPS) is 19.8. The van der Waals surface area contributed by atoms with Crippen LogP contribution in [0.15, 0.2) is 67.0 Å². The van der Waals surface area contributed by atoms with E-state index >= 15 is 0 Å². The first kappa shape index (κ1) is 25.6. The quantitative estimate of drug-likeness (QED) is 0.326. The number of aromatic nitrogens is 2. The van der Waals surface area contributed by atoms with Gasteiger partial charge in [-0.2, -0.15) is 0 Å². The number of rotatable bonds is 6. The van der Waals surface area contributed by atoms with Crippen molar-refractivity contribution in [2.45, 2.75) is 63.7 Å². The second-order valence-electron chi connectivity index (χ2n) is 10.9. The first-order valence-corrected chi connectivity index (χ1v) is 14.0. The van der Waals surface area contributed by atoms with E-state index in [1.807, 2.05) is 83.0 Å². The third-order valence-corrected chi connectivity index (χ3v) is 8.55. The van der Waals surface area contributed by atoms with Gasteiger partial charge in [0.1, 0.15) is 17.0 Å². The Morgan fingerprint density at radius 2 is 1.79 bits per heavy atom. The second-order valence-corrected chi connectivity index (χ2v) is 11.3. The van der Waals surface area contributed by atoms with E-state index in [0.717, 1.165) is 47.8 Å². The fraction of sp³-hybridized carbons (Fsp3) is 0.355. The molecule has 2 aliphatic rings. The van der Waals surface area contributed by atoms with Crippen molar-refractivity contribution in [2.24, 2.45) is 0 Å². The van der Waals surface area contributed by atoms with E-state index in [4.69, 9.17) is 16.3 Å². The largest absolute Gasteiger partial charge is 0.497 e. The standard InChI is InChI=1S/C31H33ClN4O3/c1-31(30(38)33-23-8-4-3-5-9-23)20-35-26-15-14-24(39-2)18-25(26)27(34-16-6-7-17-34)28(35)29(37)36(31)19-21-10-12-22(32)13-11-21/h6-7,10-18,23H,3-5,8-9,19-20H2,1-2H3,(H,33,38)/t31-/m0/s1. The topological polar surface area (TPSA) is 68.5 Å². The summed E-state index contributed by atoms with van der Waals surface area (Å²) in [7, 11) is 1.64. The molecule has 2 amide bonds. The van der Waals surface area contributed by atoms with Crippen molar-refractivity contribution in [1.29, 1.82) is 0 Å². The van der Waals surface area contributed by atoms with Crippen LogP contribution in [0.2, 0.25) is 5.02 Å². The maximum atomic E-state index is 14.6. The summed E-state index contributed by atoms with van der Waals surface area (Å²) < 4.78 is 9.53. The van der Waals surface area contributed by atoms with Gasteiger partial charge in [0.15, 0.2) is 0 Å². The highest BCUT2D eigenvalue weighted by Crippen LogP contribution is 2.40. The van der Waals surface area contributed by atoms with Crippen LogP contribution < -0.4 is 10.1 Å². The smallest absolute Gasteiger partial charge is 0.273 e. The highest BCUT2D eigenvalue weighted by Gasteiger charge is 2.49. The molecule has 2 aromatic heterocycles. The molecule has 0 saturated heterocycles. The average molecular weight is 545 g/mol. The van der Waals surface area contributed by atoms with E-state index in [1.54, 1.807) is 12.0 Å². The molecule has 2 aromatic carbocycles. The van der Waals surface area contributed by atoms with E-state index < -0.39 is 5.54 Å². The molecule has 6 rings (SSSR count). The molecule has 0 unspecified atom stereocenters. The van der Waals surface area contributed by atoms with Crippen LogP contribution in [0.5, 0.6) is 5.75 Å². The number of carbonyl (C=O) groups is 2. The van der Waals surface area contributed by atoms with E-state index in [2.05, 4.69) is 5.32 Å². The SMILES string of the molecule is COc1ccc2c(c1)c(-n1cccc1)c1n2C[C@@](C)(C(=O)NC2CCCCC2)N(Cc2ccc(Cl)cc2)C1=O. The van der Waals surface area contributed by atoms with Gasteiger partial charge in [0.25, 0.3) is 5.91 Å². The van der Waals surface area contributed by atoms with E-state index in [1.165, 1.54) is 6.42 Å². The van der Waals surface area contributed by atoms with Crippen molar-refractivity contribution in [3.63, 3.8) is 0 Å². The Bertz CT molecular complexity index is 1520. The molecule has 0 bridgehead atoms. The van der Waals surface area contributed by atoms with Crippen LogP contribution in [0.4, 0.5) is 0 Å². The molecular weight excluding hydrogens is 512 g/mol. The molecule has 3 heterocycles. The van der Waals surface area contributed by atoms with Gasteiger partial charge in [-0.25, -0.2) is 0 Å². The minimum absolute atomic E-state index is 0.111. The number of carbonyl (C=O) groups excluding carboxylic acids is 2. The molecule has 8 heteroatoms. The van der Waals surface area contributed by atoms with Crippen molar-refractivity contribution >= 4 is 34.3 Å². The molecule has 1 fully saturated rings. The van der Waals surface area contributed by atoms with Gasteiger partial charge in [-0.15, -0.1) is 0 Å². The number of benzene rings is 2. The third kappa shape index (κ3) is 4.48. The lowest BCUT2D eigenvalue weighted by atomic mass is 9.91. The maximum absolute atomic E-state index is 14.6. The monoisotopic (exact) mass is 544 g/mol. The molecule has 39 heavy (non-hydrogen) atoms. The number of methoxy groups -OCH3 is 1. The van der Waals surface area contributed by atoms with E-state index in [-0.39, 0.29) is 17.9 Å². The Hall–Kier alpha value is -3.71. The number of hydrogen-bond donors (Lipinski definition) is 1. The van der Waals surface area contributed by atoms with Crippen molar-refractivity contribution in [3.8, 4) is 11.4 Å². The fourth-order valence-corrected chi connectivity index (χ4v) is 6.24. The Morgan fingerprint density at radius 3 is 2.49 bits per heavy atom. The Morgan fingerprint density at radius 1 is 1.08 bits per heavy atom. The summed E-state index contributed by atoms with van der Waals surface area (Å²) in [5, 5.41) is 4.84. The predicted molar refractivity (Wildman–Crippen MR) is 153 cm³/mol. The number of nitrogens with zero attached hydrogens (tertiary/aromatic N) is 3. The lowest BCUT2D eigenvalue weighted by Crippen LogP contribution is -2.64. The third-order valence-electron chi connectivity index (χ3n) is 8.30. The molecule has 1 aliphatic carbocycles. The first-order valence-electron chi connectivity index (χ1n) is 13.6. The molecular formula is C31H33ClN4O3. The van der Waals surface area contributed by atoms with Crippen molar-refractivity contribution in [1.82, 2.24) is 19.4 Å². The lowest BCUT2D eigenvalue weighted by Gasteiger charge is -2.45. The summed E-state index contributed by atoms with van der Waals surface area (Å²) in [4.78, 5) is 30.4. The van der Waals surface area contributed by atoms with Crippen LogP contribution in [0.1, 0.15) is 55.1 Å². The fourth-order valence-electron chi connectivity index (χ4n) is 6.11. The predicted octanol–water partition coefficient (Wildman–Crippen LogP) is 5.96. The highest BCUT2D eigenvalue weighted by molar-refractivity contribution is 6.30. The average Bonchev–Trinajstić information content (AvgIpc) is 3.58. The summed E-state index contributed by atoms with van der Waals surface area (Å²) in [6, 6.07) is 17.3. The van der Waals surface area contributed by atoms with Gasteiger partial charge in [-0.1, -0.05) is 43.0 Å². The van der Waals surface area contributed by atoms with Gasteiger partial charge in [-0.05, 0) is 67.8 Å². The Kier molecular flexibility index (Phi) is 6.63. The summed E-state index contributed by atoms with van der Waals surface area (Å²) in [6.07, 6.45) is 9.26. The number of hydrogen-bond acceptors (Lipinski definition) is 3. The Labute approximate surface area is 233 Å². The summed E-state index contributed by atoms with van der Waals surface area (Å²) >= 11 is 6.15. The van der Waals surface area contributed by atoms with Crippen molar-refractivity contribution < 1.29 is 14.3 Å². The van der Waals surface area contributed by atoms with Crippen LogP contribution >= 0.6 is 11.6 Å². The van der Waals surface area contributed by atoms with E-state index in [0.29, 0.717) is 29.6 Å². The van der Waals surface area contributed by atoms with Crippen LogP contribution in [-0.2, 0) is 17.9 Å². The number of fused-ring (bicyclic) bond motifs is 3. The van der Waals surface area contributed by atoms with Gasteiger partial charge < -0.3 is 24.1 Å². The van der Waals surface area contributed by atoms with Crippen LogP contribution in [-0.4, -0.2) is 44.5 Å². The van der Waals surface area contributed by atoms with Crippen molar-refractivity contribution in [3.05, 3.63) is 83.3 Å². The zero-order valence-corrected chi connectivity index (χ0v) is 23.1. The molecule has 0 radical (unpaired) electrons. The van der Waals surface area contributed by atoms with Crippen LogP contribution in [0.25, 0.3) is 16.6 Å². The summed E-state index contributed by atoms with van der Waals surface area (Å²) in [5.74, 6) is 0.415. The number of halogens is 1. The number of nitrogens with one attached hydrogen (secondary N) is 1. The van der Waals surface area contributed by atoms with Gasteiger partial charge in [0.05, 0.1) is 24.9 Å². The van der Waals surface area contributed by atoms with E-state index in [9.17, 15) is 9.59 Å². The highest BCUT2D eigenvalue weighted by atomic mass is 35.5. The van der Waals surface area contributed by atoms with Crippen LogP contribution in [0.3, 0.4) is 0 Å². The zero-order chi connectivity index (χ0) is 27.1. The second kappa shape index (κ2) is 10.1. The summed E-state index contributed by atoms with van der Waals surface area (Å²) in [6.45, 7) is 2.53. The minimum Gasteiger partial charge on any atom is -0.497 e. The first-order chi connectivity index (χ1) is 18.9. The molecule has 0 spiro atoms. The lowest BCUT2D eigenvalue weighted by molar-refractivity contribution is -0.134. The summed E-state index contributed by atoms with van der Waals surface area (Å²) in [5.41, 5.74) is 2.06. The molecule has 202 valence electrons. The molecule has 4 aromatic rings. The van der Waals surface area contributed by atoms with Gasteiger partial charge in [0.2, 0.25) is 5.91 Å². The minimum atomic E-state index is -1.10.